The molecule has 0 aliphatic rings. The summed E-state index contributed by atoms with van der Waals surface area (Å²) in [6, 6.07) is 10.8. The van der Waals surface area contributed by atoms with Crippen molar-refractivity contribution in [2.24, 2.45) is 0 Å². The van der Waals surface area contributed by atoms with Crippen molar-refractivity contribution in [3.8, 4) is 11.1 Å². The molecule has 2 rings (SSSR count). The first-order valence-electron chi connectivity index (χ1n) is 4.69. The fourth-order valence-corrected chi connectivity index (χ4v) is 1.56. The molecule has 0 aromatic heterocycles. The molecule has 0 atom stereocenters. The van der Waals surface area contributed by atoms with E-state index < -0.39 is 0 Å². The van der Waals surface area contributed by atoms with E-state index in [1.807, 2.05) is 6.92 Å². The van der Waals surface area contributed by atoms with Gasteiger partial charge in [0.2, 0.25) is 0 Å². The maximum absolute atomic E-state index is 13.5. The molecular weight excluding hydrogens is 194 g/mol. The van der Waals surface area contributed by atoms with Gasteiger partial charge in [0.1, 0.15) is 11.6 Å². The van der Waals surface area contributed by atoms with Crippen molar-refractivity contribution < 1.29 is 8.78 Å². The van der Waals surface area contributed by atoms with Crippen LogP contribution in [0.4, 0.5) is 8.78 Å². The molecule has 76 valence electrons. The monoisotopic (exact) mass is 204 g/mol. The van der Waals surface area contributed by atoms with E-state index in [-0.39, 0.29) is 11.6 Å². The van der Waals surface area contributed by atoms with Crippen LogP contribution in [0.5, 0.6) is 0 Å². The Labute approximate surface area is 87.2 Å². The molecule has 0 N–H and O–H groups in total. The third-order valence-corrected chi connectivity index (χ3v) is 2.36. The van der Waals surface area contributed by atoms with E-state index in [4.69, 9.17) is 0 Å². The SMILES string of the molecule is Cc1ccc(F)cc1-c1ccccc1F. The van der Waals surface area contributed by atoms with Crippen LogP contribution in [0.25, 0.3) is 11.1 Å². The first kappa shape index (κ1) is 9.84. The zero-order valence-electron chi connectivity index (χ0n) is 8.30. The maximum atomic E-state index is 13.5. The zero-order valence-corrected chi connectivity index (χ0v) is 8.30. The maximum Gasteiger partial charge on any atom is 0.131 e. The van der Waals surface area contributed by atoms with Crippen LogP contribution in [-0.2, 0) is 0 Å². The van der Waals surface area contributed by atoms with Crippen molar-refractivity contribution in [2.45, 2.75) is 6.92 Å². The quantitative estimate of drug-likeness (QED) is 0.660. The lowest BCUT2D eigenvalue weighted by Gasteiger charge is -2.06. The molecule has 2 aromatic rings. The largest absolute Gasteiger partial charge is 0.207 e. The molecule has 2 aromatic carbocycles. The van der Waals surface area contributed by atoms with Gasteiger partial charge >= 0.3 is 0 Å². The molecule has 2 heteroatoms. The Balaban J connectivity index is 2.64. The van der Waals surface area contributed by atoms with E-state index in [0.717, 1.165) is 5.56 Å². The Bertz CT molecular complexity index is 490. The van der Waals surface area contributed by atoms with Crippen LogP contribution in [0.2, 0.25) is 0 Å². The molecular formula is C13H10F2. The predicted molar refractivity (Wildman–Crippen MR) is 56.5 cm³/mol. The minimum Gasteiger partial charge on any atom is -0.207 e. The topological polar surface area (TPSA) is 0 Å². The number of halogens is 2. The van der Waals surface area contributed by atoms with E-state index >= 15 is 0 Å². The van der Waals surface area contributed by atoms with Gasteiger partial charge in [0.25, 0.3) is 0 Å². The summed E-state index contributed by atoms with van der Waals surface area (Å²) in [5, 5.41) is 0. The molecule has 0 saturated carbocycles. The number of rotatable bonds is 1. The van der Waals surface area contributed by atoms with Crippen LogP contribution in [0, 0.1) is 18.6 Å². The molecule has 0 saturated heterocycles. The van der Waals surface area contributed by atoms with Gasteiger partial charge < -0.3 is 0 Å². The van der Waals surface area contributed by atoms with Gasteiger partial charge in [0, 0.05) is 5.56 Å². The van der Waals surface area contributed by atoms with Gasteiger partial charge in [0.05, 0.1) is 0 Å². The van der Waals surface area contributed by atoms with Gasteiger partial charge in [-0.25, -0.2) is 8.78 Å². The Morgan fingerprint density at radius 3 is 2.33 bits per heavy atom. The van der Waals surface area contributed by atoms with Gasteiger partial charge in [-0.1, -0.05) is 24.3 Å². The summed E-state index contributed by atoms with van der Waals surface area (Å²) in [6.45, 7) is 1.83. The normalized spacial score (nSPS) is 10.3. The van der Waals surface area contributed by atoms with Crippen LogP contribution >= 0.6 is 0 Å². The van der Waals surface area contributed by atoms with Crippen molar-refractivity contribution in [1.82, 2.24) is 0 Å². The van der Waals surface area contributed by atoms with Gasteiger partial charge in [-0.05, 0) is 36.2 Å². The van der Waals surface area contributed by atoms with Gasteiger partial charge in [-0.2, -0.15) is 0 Å². The second kappa shape index (κ2) is 3.81. The van der Waals surface area contributed by atoms with E-state index in [0.29, 0.717) is 11.1 Å². The lowest BCUT2D eigenvalue weighted by atomic mass is 10.0. The van der Waals surface area contributed by atoms with Crippen LogP contribution in [0.1, 0.15) is 5.56 Å². The van der Waals surface area contributed by atoms with E-state index in [2.05, 4.69) is 0 Å². The van der Waals surface area contributed by atoms with Crippen molar-refractivity contribution in [3.63, 3.8) is 0 Å². The molecule has 0 aliphatic carbocycles. The van der Waals surface area contributed by atoms with Crippen molar-refractivity contribution in [3.05, 3.63) is 59.7 Å². The first-order valence-corrected chi connectivity index (χ1v) is 4.69. The molecule has 0 heterocycles. The molecule has 0 aliphatic heterocycles. The second-order valence-electron chi connectivity index (χ2n) is 3.44. The van der Waals surface area contributed by atoms with Crippen LogP contribution in [0.3, 0.4) is 0 Å². The van der Waals surface area contributed by atoms with E-state index in [1.165, 1.54) is 18.2 Å². The Morgan fingerprint density at radius 2 is 1.60 bits per heavy atom. The Kier molecular flexibility index (Phi) is 2.50. The van der Waals surface area contributed by atoms with Crippen LogP contribution < -0.4 is 0 Å². The van der Waals surface area contributed by atoms with Crippen molar-refractivity contribution >= 4 is 0 Å². The average molecular weight is 204 g/mol. The molecule has 0 bridgehead atoms. The highest BCUT2D eigenvalue weighted by atomic mass is 19.1. The first-order chi connectivity index (χ1) is 7.18. The fourth-order valence-electron chi connectivity index (χ4n) is 1.56. The summed E-state index contributed by atoms with van der Waals surface area (Å²) in [4.78, 5) is 0. The third-order valence-electron chi connectivity index (χ3n) is 2.36. The Hall–Kier alpha value is -1.70. The minimum absolute atomic E-state index is 0.328. The highest BCUT2D eigenvalue weighted by Gasteiger charge is 2.07. The van der Waals surface area contributed by atoms with E-state index in [9.17, 15) is 8.78 Å². The molecule has 0 unspecified atom stereocenters. The summed E-state index contributed by atoms with van der Waals surface area (Å²) in [6.07, 6.45) is 0. The van der Waals surface area contributed by atoms with Crippen LogP contribution in [0.15, 0.2) is 42.5 Å². The van der Waals surface area contributed by atoms with Gasteiger partial charge in [-0.3, -0.25) is 0 Å². The summed E-state index contributed by atoms with van der Waals surface area (Å²) < 4.78 is 26.5. The molecule has 0 spiro atoms. The van der Waals surface area contributed by atoms with Gasteiger partial charge in [-0.15, -0.1) is 0 Å². The number of benzene rings is 2. The predicted octanol–water partition coefficient (Wildman–Crippen LogP) is 3.94. The molecule has 0 fully saturated rings. The average Bonchev–Trinajstić information content (AvgIpc) is 2.23. The number of hydrogen-bond acceptors (Lipinski definition) is 0. The lowest BCUT2D eigenvalue weighted by Crippen LogP contribution is -1.88. The second-order valence-corrected chi connectivity index (χ2v) is 3.44. The summed E-state index contributed by atoms with van der Waals surface area (Å²) >= 11 is 0. The molecule has 0 radical (unpaired) electrons. The number of aryl methyl sites for hydroxylation is 1. The highest BCUT2D eigenvalue weighted by molar-refractivity contribution is 5.67. The smallest absolute Gasteiger partial charge is 0.131 e. The molecule has 0 nitrogen and oxygen atoms in total. The van der Waals surface area contributed by atoms with Crippen molar-refractivity contribution in [2.75, 3.05) is 0 Å². The summed E-state index contributed by atoms with van der Waals surface area (Å²) in [5.74, 6) is -0.676. The van der Waals surface area contributed by atoms with Crippen molar-refractivity contribution in [1.29, 1.82) is 0 Å². The zero-order chi connectivity index (χ0) is 10.8. The minimum atomic E-state index is -0.348. The van der Waals surface area contributed by atoms with E-state index in [1.54, 1.807) is 24.3 Å². The van der Waals surface area contributed by atoms with Crippen LogP contribution in [-0.4, -0.2) is 0 Å². The standard InChI is InChI=1S/C13H10F2/c1-9-6-7-10(14)8-12(9)11-4-2-3-5-13(11)15/h2-8H,1H3. The Morgan fingerprint density at radius 1 is 0.867 bits per heavy atom. The molecule has 15 heavy (non-hydrogen) atoms. The number of hydrogen-bond donors (Lipinski definition) is 0. The summed E-state index contributed by atoms with van der Waals surface area (Å²) in [7, 11) is 0. The molecule has 0 amide bonds. The highest BCUT2D eigenvalue weighted by Crippen LogP contribution is 2.26. The lowest BCUT2D eigenvalue weighted by molar-refractivity contribution is 0.624. The third kappa shape index (κ3) is 1.89. The van der Waals surface area contributed by atoms with Gasteiger partial charge in [0.15, 0.2) is 0 Å². The fraction of sp³-hybridized carbons (Fsp3) is 0.0769. The summed E-state index contributed by atoms with van der Waals surface area (Å²) in [5.41, 5.74) is 1.91.